The standard InChI is InChI=1S/C9H17N3O/c13-9-6-8(7-10-11-9)12-4-2-1-3-5-12/h8,10H,1-7H2,(H,11,13). The Morgan fingerprint density at radius 3 is 2.69 bits per heavy atom. The van der Waals surface area contributed by atoms with Crippen LogP contribution in [0.4, 0.5) is 0 Å². The highest BCUT2D eigenvalue weighted by Crippen LogP contribution is 2.14. The predicted molar refractivity (Wildman–Crippen MR) is 50.0 cm³/mol. The van der Waals surface area contributed by atoms with Gasteiger partial charge in [0.15, 0.2) is 0 Å². The summed E-state index contributed by atoms with van der Waals surface area (Å²) >= 11 is 0. The average Bonchev–Trinajstić information content (AvgIpc) is 2.19. The van der Waals surface area contributed by atoms with Gasteiger partial charge in [0, 0.05) is 19.0 Å². The molecule has 4 heteroatoms. The Morgan fingerprint density at radius 2 is 2.00 bits per heavy atom. The van der Waals surface area contributed by atoms with Crippen molar-refractivity contribution in [2.24, 2.45) is 0 Å². The third-order valence-corrected chi connectivity index (χ3v) is 2.89. The van der Waals surface area contributed by atoms with Gasteiger partial charge in [-0.1, -0.05) is 6.42 Å². The maximum Gasteiger partial charge on any atom is 0.235 e. The predicted octanol–water partition coefficient (Wildman–Crippen LogP) is -0.135. The molecule has 2 heterocycles. The van der Waals surface area contributed by atoms with E-state index in [1.165, 1.54) is 32.4 Å². The summed E-state index contributed by atoms with van der Waals surface area (Å²) in [6.45, 7) is 3.23. The molecular formula is C9H17N3O. The fraction of sp³-hybridized carbons (Fsp3) is 0.889. The molecule has 0 aliphatic carbocycles. The van der Waals surface area contributed by atoms with Gasteiger partial charge in [-0.05, 0) is 25.9 Å². The molecule has 0 aromatic heterocycles. The summed E-state index contributed by atoms with van der Waals surface area (Å²) in [5, 5.41) is 0. The summed E-state index contributed by atoms with van der Waals surface area (Å²) < 4.78 is 0. The van der Waals surface area contributed by atoms with Crippen LogP contribution in [0.2, 0.25) is 0 Å². The number of piperidine rings is 1. The zero-order valence-corrected chi connectivity index (χ0v) is 7.88. The molecule has 2 saturated heterocycles. The van der Waals surface area contributed by atoms with Crippen molar-refractivity contribution in [1.29, 1.82) is 0 Å². The van der Waals surface area contributed by atoms with E-state index in [4.69, 9.17) is 0 Å². The molecule has 1 unspecified atom stereocenters. The summed E-state index contributed by atoms with van der Waals surface area (Å²) in [5.41, 5.74) is 5.58. The molecule has 0 bridgehead atoms. The van der Waals surface area contributed by atoms with Crippen LogP contribution in [0.5, 0.6) is 0 Å². The van der Waals surface area contributed by atoms with Gasteiger partial charge in [-0.3, -0.25) is 15.1 Å². The normalized spacial score (nSPS) is 31.4. The van der Waals surface area contributed by atoms with Crippen molar-refractivity contribution in [3.8, 4) is 0 Å². The number of nitrogens with one attached hydrogen (secondary N) is 2. The molecular weight excluding hydrogens is 166 g/mol. The second-order valence-corrected chi connectivity index (χ2v) is 3.88. The number of rotatable bonds is 1. The lowest BCUT2D eigenvalue weighted by molar-refractivity contribution is -0.125. The van der Waals surface area contributed by atoms with Crippen molar-refractivity contribution in [3.63, 3.8) is 0 Å². The van der Waals surface area contributed by atoms with Crippen LogP contribution in [-0.2, 0) is 4.79 Å². The first-order valence-corrected chi connectivity index (χ1v) is 5.12. The second-order valence-electron chi connectivity index (χ2n) is 3.88. The molecule has 0 aromatic carbocycles. The van der Waals surface area contributed by atoms with Crippen LogP contribution in [0, 0.1) is 0 Å². The fourth-order valence-corrected chi connectivity index (χ4v) is 2.15. The van der Waals surface area contributed by atoms with Crippen LogP contribution in [0.25, 0.3) is 0 Å². The van der Waals surface area contributed by atoms with Crippen molar-refractivity contribution in [1.82, 2.24) is 15.8 Å². The number of likely N-dealkylation sites (tertiary alicyclic amines) is 1. The van der Waals surface area contributed by atoms with Gasteiger partial charge in [0.1, 0.15) is 0 Å². The zero-order chi connectivity index (χ0) is 9.10. The second kappa shape index (κ2) is 4.07. The Hall–Kier alpha value is -0.610. The molecule has 2 fully saturated rings. The summed E-state index contributed by atoms with van der Waals surface area (Å²) in [6, 6.07) is 0.425. The minimum absolute atomic E-state index is 0.127. The molecule has 0 saturated carbocycles. The Balaban J connectivity index is 1.87. The van der Waals surface area contributed by atoms with Crippen molar-refractivity contribution in [3.05, 3.63) is 0 Å². The Morgan fingerprint density at radius 1 is 1.23 bits per heavy atom. The number of amides is 1. The van der Waals surface area contributed by atoms with Gasteiger partial charge in [-0.25, -0.2) is 5.43 Å². The number of carbonyl (C=O) groups excluding carboxylic acids is 1. The quantitative estimate of drug-likeness (QED) is 0.595. The Bertz CT molecular complexity index is 189. The number of hydrogen-bond donors (Lipinski definition) is 2. The molecule has 4 nitrogen and oxygen atoms in total. The summed E-state index contributed by atoms with van der Waals surface area (Å²) in [5.74, 6) is 0.127. The van der Waals surface area contributed by atoms with Gasteiger partial charge < -0.3 is 0 Å². The van der Waals surface area contributed by atoms with E-state index in [1.807, 2.05) is 0 Å². The van der Waals surface area contributed by atoms with Crippen LogP contribution in [0.3, 0.4) is 0 Å². The lowest BCUT2D eigenvalue weighted by Crippen LogP contribution is -2.56. The maximum atomic E-state index is 11.1. The molecule has 1 atom stereocenters. The number of carbonyl (C=O) groups is 1. The smallest absolute Gasteiger partial charge is 0.235 e. The largest absolute Gasteiger partial charge is 0.299 e. The summed E-state index contributed by atoms with van der Waals surface area (Å²) in [4.78, 5) is 13.6. The van der Waals surface area contributed by atoms with E-state index >= 15 is 0 Å². The first-order valence-electron chi connectivity index (χ1n) is 5.12. The average molecular weight is 183 g/mol. The van der Waals surface area contributed by atoms with E-state index < -0.39 is 0 Å². The highest BCUT2D eigenvalue weighted by molar-refractivity contribution is 5.76. The minimum atomic E-state index is 0.127. The summed E-state index contributed by atoms with van der Waals surface area (Å²) in [7, 11) is 0. The molecule has 2 N–H and O–H groups in total. The number of hydrazine groups is 1. The van der Waals surface area contributed by atoms with Crippen LogP contribution >= 0.6 is 0 Å². The van der Waals surface area contributed by atoms with Crippen LogP contribution in [0.15, 0.2) is 0 Å². The third-order valence-electron chi connectivity index (χ3n) is 2.89. The minimum Gasteiger partial charge on any atom is -0.299 e. The molecule has 0 spiro atoms. The van der Waals surface area contributed by atoms with Crippen molar-refractivity contribution in [2.75, 3.05) is 19.6 Å². The first-order chi connectivity index (χ1) is 6.36. The Labute approximate surface area is 78.6 Å². The topological polar surface area (TPSA) is 44.4 Å². The zero-order valence-electron chi connectivity index (χ0n) is 7.88. The van der Waals surface area contributed by atoms with E-state index in [2.05, 4.69) is 15.8 Å². The maximum absolute atomic E-state index is 11.1. The van der Waals surface area contributed by atoms with Gasteiger partial charge in [0.05, 0.1) is 0 Å². The van der Waals surface area contributed by atoms with Crippen molar-refractivity contribution >= 4 is 5.91 Å². The molecule has 74 valence electrons. The molecule has 0 radical (unpaired) electrons. The van der Waals surface area contributed by atoms with Gasteiger partial charge in [0.2, 0.25) is 5.91 Å². The van der Waals surface area contributed by atoms with Crippen molar-refractivity contribution < 1.29 is 4.79 Å². The van der Waals surface area contributed by atoms with Gasteiger partial charge in [-0.2, -0.15) is 0 Å². The van der Waals surface area contributed by atoms with E-state index in [0.717, 1.165) is 6.54 Å². The van der Waals surface area contributed by atoms with E-state index in [1.54, 1.807) is 0 Å². The van der Waals surface area contributed by atoms with Gasteiger partial charge in [0.25, 0.3) is 0 Å². The SMILES string of the molecule is O=C1CC(N2CCCCC2)CNN1. The molecule has 0 aromatic rings. The van der Waals surface area contributed by atoms with Crippen LogP contribution in [-0.4, -0.2) is 36.5 Å². The molecule has 1 amide bonds. The molecule has 2 aliphatic heterocycles. The molecule has 2 aliphatic rings. The third kappa shape index (κ3) is 2.19. The van der Waals surface area contributed by atoms with E-state index in [0.29, 0.717) is 12.5 Å². The van der Waals surface area contributed by atoms with Gasteiger partial charge in [-0.15, -0.1) is 0 Å². The van der Waals surface area contributed by atoms with Crippen LogP contribution < -0.4 is 10.9 Å². The van der Waals surface area contributed by atoms with Crippen molar-refractivity contribution in [2.45, 2.75) is 31.7 Å². The number of nitrogens with zero attached hydrogens (tertiary/aromatic N) is 1. The van der Waals surface area contributed by atoms with E-state index in [-0.39, 0.29) is 5.91 Å². The van der Waals surface area contributed by atoms with E-state index in [9.17, 15) is 4.79 Å². The lowest BCUT2D eigenvalue weighted by Gasteiger charge is -2.36. The highest BCUT2D eigenvalue weighted by Gasteiger charge is 2.25. The molecule has 13 heavy (non-hydrogen) atoms. The fourth-order valence-electron chi connectivity index (χ4n) is 2.15. The molecule has 2 rings (SSSR count). The van der Waals surface area contributed by atoms with Gasteiger partial charge >= 0.3 is 0 Å². The highest BCUT2D eigenvalue weighted by atomic mass is 16.2. The van der Waals surface area contributed by atoms with Crippen LogP contribution in [0.1, 0.15) is 25.7 Å². The lowest BCUT2D eigenvalue weighted by atomic mass is 10.1. The first kappa shape index (κ1) is 8.97. The summed E-state index contributed by atoms with van der Waals surface area (Å²) in [6.07, 6.45) is 4.59. The monoisotopic (exact) mass is 183 g/mol. The number of hydrogen-bond acceptors (Lipinski definition) is 3. The Kier molecular flexibility index (Phi) is 2.80.